The summed E-state index contributed by atoms with van der Waals surface area (Å²) in [5.41, 5.74) is 4.23. The number of ketones is 1. The topological polar surface area (TPSA) is 76.1 Å². The molecule has 0 saturated carbocycles. The van der Waals surface area contributed by atoms with Crippen LogP contribution in [0.5, 0.6) is 5.75 Å². The van der Waals surface area contributed by atoms with E-state index in [0.29, 0.717) is 23.8 Å². The normalized spacial score (nSPS) is 14.6. The fraction of sp³-hybridized carbons (Fsp3) is 0.320. The molecule has 4 rings (SSSR count). The number of nitrogens with one attached hydrogen (secondary N) is 2. The summed E-state index contributed by atoms with van der Waals surface area (Å²) in [5, 5.41) is 6.70. The summed E-state index contributed by atoms with van der Waals surface area (Å²) in [6.45, 7) is 6.32. The predicted octanol–water partition coefficient (Wildman–Crippen LogP) is 5.69. The number of fused-ring (bicyclic) bond motifs is 1. The molecular formula is C25H28N4O2. The van der Waals surface area contributed by atoms with Gasteiger partial charge in [0.15, 0.2) is 5.78 Å². The molecular weight excluding hydrogens is 388 g/mol. The minimum atomic E-state index is -0.131. The molecule has 0 radical (unpaired) electrons. The van der Waals surface area contributed by atoms with Crippen LogP contribution in [0.3, 0.4) is 0 Å². The zero-order valence-corrected chi connectivity index (χ0v) is 18.5. The number of benzene rings is 2. The second-order valence-corrected chi connectivity index (χ2v) is 8.65. The van der Waals surface area contributed by atoms with Crippen molar-refractivity contribution in [3.8, 4) is 5.75 Å². The van der Waals surface area contributed by atoms with Gasteiger partial charge in [0.1, 0.15) is 11.6 Å². The van der Waals surface area contributed by atoms with Crippen molar-refractivity contribution in [1.29, 1.82) is 0 Å². The molecule has 160 valence electrons. The Hall–Kier alpha value is -3.41. The zero-order chi connectivity index (χ0) is 22.0. The lowest BCUT2D eigenvalue weighted by molar-refractivity contribution is 0.0911. The van der Waals surface area contributed by atoms with Gasteiger partial charge in [0.25, 0.3) is 0 Å². The van der Waals surface area contributed by atoms with Crippen molar-refractivity contribution in [3.05, 3.63) is 65.4 Å². The first kappa shape index (κ1) is 20.8. The number of carbonyl (C=O) groups is 1. The highest BCUT2D eigenvalue weighted by atomic mass is 16.5. The summed E-state index contributed by atoms with van der Waals surface area (Å²) < 4.78 is 5.23. The molecule has 0 atom stereocenters. The Labute approximate surface area is 183 Å². The Morgan fingerprint density at radius 1 is 1.00 bits per heavy atom. The van der Waals surface area contributed by atoms with Crippen molar-refractivity contribution in [1.82, 2.24) is 9.97 Å². The van der Waals surface area contributed by atoms with Crippen molar-refractivity contribution >= 4 is 28.9 Å². The number of Topliss-reactive ketones (excluding diaryl/α,β-unsaturated/α-hetero) is 1. The van der Waals surface area contributed by atoms with E-state index < -0.39 is 0 Å². The van der Waals surface area contributed by atoms with Crippen LogP contribution < -0.4 is 15.4 Å². The molecule has 6 nitrogen and oxygen atoms in total. The van der Waals surface area contributed by atoms with Gasteiger partial charge in [0, 0.05) is 17.8 Å². The molecule has 2 N–H and O–H groups in total. The van der Waals surface area contributed by atoms with Crippen LogP contribution in [0, 0.1) is 5.41 Å². The second kappa shape index (κ2) is 8.38. The Balaban J connectivity index is 1.76. The minimum Gasteiger partial charge on any atom is -0.497 e. The van der Waals surface area contributed by atoms with Crippen molar-refractivity contribution in [2.75, 3.05) is 17.7 Å². The average Bonchev–Trinajstić information content (AvgIpc) is 2.73. The van der Waals surface area contributed by atoms with Gasteiger partial charge in [-0.15, -0.1) is 0 Å². The number of para-hydroxylation sites is 1. The third kappa shape index (κ3) is 4.53. The van der Waals surface area contributed by atoms with Crippen LogP contribution in [0.4, 0.5) is 23.1 Å². The van der Waals surface area contributed by atoms with Crippen molar-refractivity contribution in [2.45, 2.75) is 40.0 Å². The van der Waals surface area contributed by atoms with E-state index >= 15 is 0 Å². The van der Waals surface area contributed by atoms with E-state index in [-0.39, 0.29) is 11.2 Å². The summed E-state index contributed by atoms with van der Waals surface area (Å²) in [6.07, 6.45) is 2.09. The Morgan fingerprint density at radius 3 is 2.45 bits per heavy atom. The molecule has 3 aromatic rings. The third-order valence-corrected chi connectivity index (χ3v) is 5.55. The lowest BCUT2D eigenvalue weighted by atomic mass is 9.75. The fourth-order valence-corrected chi connectivity index (χ4v) is 3.99. The van der Waals surface area contributed by atoms with Gasteiger partial charge in [-0.2, -0.15) is 4.98 Å². The molecule has 2 aromatic carbocycles. The molecule has 0 aliphatic heterocycles. The maximum atomic E-state index is 13.1. The number of ether oxygens (including phenoxy) is 1. The predicted molar refractivity (Wildman–Crippen MR) is 124 cm³/mol. The van der Waals surface area contributed by atoms with Crippen molar-refractivity contribution in [3.63, 3.8) is 0 Å². The van der Waals surface area contributed by atoms with Crippen LogP contribution in [0.1, 0.15) is 48.8 Å². The van der Waals surface area contributed by atoms with Gasteiger partial charge >= 0.3 is 0 Å². The quantitative estimate of drug-likeness (QED) is 0.538. The minimum absolute atomic E-state index is 0.0822. The molecule has 0 fully saturated rings. The Bertz CT molecular complexity index is 1110. The Morgan fingerprint density at radius 2 is 1.74 bits per heavy atom. The number of hydrogen-bond donors (Lipinski definition) is 2. The summed E-state index contributed by atoms with van der Waals surface area (Å²) in [7, 11) is 1.64. The summed E-state index contributed by atoms with van der Waals surface area (Å²) in [5.74, 6) is 1.88. The molecule has 1 heterocycles. The fourth-order valence-electron chi connectivity index (χ4n) is 3.99. The van der Waals surface area contributed by atoms with Crippen molar-refractivity contribution < 1.29 is 9.53 Å². The van der Waals surface area contributed by atoms with Crippen LogP contribution in [-0.4, -0.2) is 22.9 Å². The maximum Gasteiger partial charge on any atom is 0.229 e. The average molecular weight is 417 g/mol. The summed E-state index contributed by atoms with van der Waals surface area (Å²) in [6, 6.07) is 15.7. The summed E-state index contributed by atoms with van der Waals surface area (Å²) in [4.78, 5) is 22.5. The third-order valence-electron chi connectivity index (χ3n) is 5.55. The lowest BCUT2D eigenvalue weighted by Crippen LogP contribution is -2.29. The number of nitrogens with zero attached hydrogens (tertiary/aromatic N) is 2. The number of hydrogen-bond acceptors (Lipinski definition) is 6. The standard InChI is InChI=1S/C25H28N4O2/c1-5-16-8-6-7-9-19(16)27-23-22-20(14-25(2,3)15-21(22)30)28-24(29-23)26-17-10-12-18(31-4)13-11-17/h6-13H,5,14-15H2,1-4H3,(H2,26,27,28,29). The van der Waals surface area contributed by atoms with Gasteiger partial charge in [0.05, 0.1) is 18.4 Å². The van der Waals surface area contributed by atoms with Gasteiger partial charge in [0.2, 0.25) is 5.95 Å². The number of carbonyl (C=O) groups excluding carboxylic acids is 1. The molecule has 1 aliphatic rings. The van der Waals surface area contributed by atoms with E-state index in [9.17, 15) is 4.79 Å². The molecule has 0 bridgehead atoms. The molecule has 1 aromatic heterocycles. The van der Waals surface area contributed by atoms with E-state index in [2.05, 4.69) is 37.5 Å². The molecule has 1 aliphatic carbocycles. The van der Waals surface area contributed by atoms with Crippen LogP contribution in [-0.2, 0) is 12.8 Å². The first-order valence-corrected chi connectivity index (χ1v) is 10.6. The number of rotatable bonds is 6. The number of aromatic nitrogens is 2. The van der Waals surface area contributed by atoms with E-state index in [1.54, 1.807) is 7.11 Å². The highest BCUT2D eigenvalue weighted by Crippen LogP contribution is 2.38. The summed E-state index contributed by atoms with van der Waals surface area (Å²) >= 11 is 0. The number of aryl methyl sites for hydroxylation is 1. The van der Waals surface area contributed by atoms with Crippen LogP contribution in [0.2, 0.25) is 0 Å². The van der Waals surface area contributed by atoms with Crippen molar-refractivity contribution in [2.24, 2.45) is 5.41 Å². The first-order chi connectivity index (χ1) is 14.9. The van der Waals surface area contributed by atoms with Gasteiger partial charge < -0.3 is 15.4 Å². The molecule has 0 amide bonds. The van der Waals surface area contributed by atoms with Gasteiger partial charge in [-0.25, -0.2) is 4.98 Å². The smallest absolute Gasteiger partial charge is 0.229 e. The van der Waals surface area contributed by atoms with Crippen LogP contribution >= 0.6 is 0 Å². The van der Waals surface area contributed by atoms with E-state index in [1.807, 2.05) is 42.5 Å². The van der Waals surface area contributed by atoms with Crippen LogP contribution in [0.15, 0.2) is 48.5 Å². The second-order valence-electron chi connectivity index (χ2n) is 8.65. The van der Waals surface area contributed by atoms with Gasteiger partial charge in [-0.05, 0) is 54.2 Å². The lowest BCUT2D eigenvalue weighted by Gasteiger charge is -2.30. The monoisotopic (exact) mass is 416 g/mol. The molecule has 6 heteroatoms. The molecule has 31 heavy (non-hydrogen) atoms. The van der Waals surface area contributed by atoms with Gasteiger partial charge in [-0.1, -0.05) is 39.0 Å². The largest absolute Gasteiger partial charge is 0.497 e. The zero-order valence-electron chi connectivity index (χ0n) is 18.5. The van der Waals surface area contributed by atoms with E-state index in [1.165, 1.54) is 5.56 Å². The highest BCUT2D eigenvalue weighted by Gasteiger charge is 2.35. The molecule has 0 saturated heterocycles. The number of anilines is 4. The van der Waals surface area contributed by atoms with E-state index in [4.69, 9.17) is 14.7 Å². The van der Waals surface area contributed by atoms with Gasteiger partial charge in [-0.3, -0.25) is 4.79 Å². The van der Waals surface area contributed by atoms with Crippen LogP contribution in [0.25, 0.3) is 0 Å². The van der Waals surface area contributed by atoms with E-state index in [0.717, 1.165) is 35.7 Å². The number of methoxy groups -OCH3 is 1. The highest BCUT2D eigenvalue weighted by molar-refractivity contribution is 6.03. The molecule has 0 spiro atoms. The Kier molecular flexibility index (Phi) is 5.63. The maximum absolute atomic E-state index is 13.1. The first-order valence-electron chi connectivity index (χ1n) is 10.6. The molecule has 0 unspecified atom stereocenters. The SMILES string of the molecule is CCc1ccccc1Nc1nc(Nc2ccc(OC)cc2)nc2c1C(=O)CC(C)(C)C2.